The number of non-ortho nitro benzene ring substituents is 1. The van der Waals surface area contributed by atoms with E-state index in [2.05, 4.69) is 26.8 Å². The monoisotopic (exact) mass is 488 g/mol. The van der Waals surface area contributed by atoms with Gasteiger partial charge < -0.3 is 0 Å². The maximum absolute atomic E-state index is 13.2. The molecular weight excluding hydrogens is 472 g/mol. The molecule has 34 heavy (non-hydrogen) atoms. The number of nitro groups is 1. The van der Waals surface area contributed by atoms with Crippen LogP contribution >= 0.6 is 23.1 Å². The number of aromatic nitrogens is 3. The highest BCUT2D eigenvalue weighted by molar-refractivity contribution is 8.18. The molecule has 0 aliphatic carbocycles. The number of carbonyl (C=O) groups excluding carboxylic acids is 1. The summed E-state index contributed by atoms with van der Waals surface area (Å²) in [6.45, 7) is 4.05. The van der Waals surface area contributed by atoms with Gasteiger partial charge >= 0.3 is 0 Å². The molecule has 0 bridgehead atoms. The summed E-state index contributed by atoms with van der Waals surface area (Å²) >= 11 is 2.69. The number of thiazole rings is 1. The third-order valence-electron chi connectivity index (χ3n) is 4.97. The van der Waals surface area contributed by atoms with E-state index in [1.165, 1.54) is 35.2 Å². The van der Waals surface area contributed by atoms with Crippen molar-refractivity contribution in [1.29, 1.82) is 0 Å². The fourth-order valence-corrected chi connectivity index (χ4v) is 5.30. The summed E-state index contributed by atoms with van der Waals surface area (Å²) in [6.07, 6.45) is 4.93. The minimum Gasteiger partial charge on any atom is -0.282 e. The largest absolute Gasteiger partial charge is 0.282 e. The Morgan fingerprint density at radius 3 is 2.88 bits per heavy atom. The number of amides is 1. The Kier molecular flexibility index (Phi) is 5.78. The van der Waals surface area contributed by atoms with Gasteiger partial charge in [0.1, 0.15) is 0 Å². The molecule has 0 unspecified atom stereocenters. The summed E-state index contributed by atoms with van der Waals surface area (Å²) in [7, 11) is 0. The average Bonchev–Trinajstić information content (AvgIpc) is 3.54. The van der Waals surface area contributed by atoms with Crippen molar-refractivity contribution < 1.29 is 9.72 Å². The Bertz CT molecular complexity index is 1470. The third kappa shape index (κ3) is 4.14. The quantitative estimate of drug-likeness (QED) is 0.168. The first kappa shape index (κ1) is 21.7. The van der Waals surface area contributed by atoms with Crippen LogP contribution in [0.25, 0.3) is 27.6 Å². The molecule has 1 fully saturated rings. The van der Waals surface area contributed by atoms with Gasteiger partial charge in [0, 0.05) is 29.8 Å². The number of carbonyl (C=O) groups is 1. The molecule has 1 amide bonds. The number of aromatic amines is 1. The lowest BCUT2D eigenvalue weighted by molar-refractivity contribution is -0.384. The standard InChI is InChI=1S/C23H16N6O3S2/c1-2-10-28-21(30)19(34-23(28)26-22-25-17-8-3-4-9-18(17)33-22)12-15-13-24-27-20(15)14-6-5-7-16(11-14)29(31)32/h2-9,11-13H,1,10H2,(H,24,27). The Balaban J connectivity index is 1.50. The van der Waals surface area contributed by atoms with Crippen LogP contribution in [0.1, 0.15) is 5.56 Å². The van der Waals surface area contributed by atoms with E-state index < -0.39 is 4.92 Å². The maximum atomic E-state index is 13.2. The number of fused-ring (bicyclic) bond motifs is 1. The summed E-state index contributed by atoms with van der Waals surface area (Å²) in [4.78, 5) is 35.0. The van der Waals surface area contributed by atoms with Crippen LogP contribution in [0.4, 0.5) is 10.8 Å². The molecule has 0 spiro atoms. The zero-order chi connectivity index (χ0) is 23.7. The molecule has 5 rings (SSSR count). The van der Waals surface area contributed by atoms with Gasteiger partial charge in [0.05, 0.1) is 31.9 Å². The molecule has 0 saturated carbocycles. The highest BCUT2D eigenvalue weighted by Gasteiger charge is 2.33. The second-order valence-electron chi connectivity index (χ2n) is 7.18. The molecule has 11 heteroatoms. The van der Waals surface area contributed by atoms with Gasteiger partial charge in [-0.1, -0.05) is 41.7 Å². The van der Waals surface area contributed by atoms with Crippen molar-refractivity contribution in [3.63, 3.8) is 0 Å². The summed E-state index contributed by atoms with van der Waals surface area (Å²) in [5, 5.41) is 19.2. The molecule has 3 heterocycles. The summed E-state index contributed by atoms with van der Waals surface area (Å²) < 4.78 is 1.02. The van der Waals surface area contributed by atoms with Crippen LogP contribution < -0.4 is 0 Å². The third-order valence-corrected chi connectivity index (χ3v) is 6.91. The van der Waals surface area contributed by atoms with E-state index >= 15 is 0 Å². The number of nitrogens with one attached hydrogen (secondary N) is 1. The van der Waals surface area contributed by atoms with E-state index in [1.807, 2.05) is 24.3 Å². The lowest BCUT2D eigenvalue weighted by atomic mass is 10.1. The van der Waals surface area contributed by atoms with E-state index in [0.29, 0.717) is 38.6 Å². The molecule has 1 aliphatic rings. The summed E-state index contributed by atoms with van der Waals surface area (Å²) in [5.74, 6) is -0.212. The number of amidine groups is 1. The fourth-order valence-electron chi connectivity index (χ4n) is 3.42. The summed E-state index contributed by atoms with van der Waals surface area (Å²) in [5.41, 5.74) is 2.64. The number of benzene rings is 2. The number of nitro benzene ring substituents is 1. The molecular formula is C23H16N6O3S2. The molecule has 0 atom stereocenters. The number of aliphatic imine (C=N–C) groups is 1. The van der Waals surface area contributed by atoms with Gasteiger partial charge in [0.2, 0.25) is 5.13 Å². The number of H-pyrrole nitrogens is 1. The minimum atomic E-state index is -0.452. The molecule has 2 aromatic carbocycles. The van der Waals surface area contributed by atoms with Crippen LogP contribution in [0.15, 0.2) is 77.3 Å². The number of hydrogen-bond acceptors (Lipinski definition) is 8. The van der Waals surface area contributed by atoms with Crippen LogP contribution in [0.5, 0.6) is 0 Å². The van der Waals surface area contributed by atoms with Crippen LogP contribution in [-0.2, 0) is 4.79 Å². The number of nitrogens with zero attached hydrogens (tertiary/aromatic N) is 5. The fraction of sp³-hybridized carbons (Fsp3) is 0.0435. The molecule has 2 aromatic heterocycles. The summed E-state index contributed by atoms with van der Waals surface area (Å²) in [6, 6.07) is 14.0. The lowest BCUT2D eigenvalue weighted by Gasteiger charge is -2.11. The highest BCUT2D eigenvalue weighted by Crippen LogP contribution is 2.37. The van der Waals surface area contributed by atoms with Crippen molar-refractivity contribution in [2.45, 2.75) is 0 Å². The maximum Gasteiger partial charge on any atom is 0.270 e. The van der Waals surface area contributed by atoms with Gasteiger partial charge in [-0.3, -0.25) is 24.9 Å². The Labute approximate surface area is 201 Å². The number of rotatable bonds is 6. The SMILES string of the molecule is C=CCN1C(=O)C(=Cc2cn[nH]c2-c2cccc([N+](=O)[O-])c2)SC1=Nc1nc2ccccc2s1. The molecule has 1 saturated heterocycles. The van der Waals surface area contributed by atoms with Gasteiger partial charge in [-0.15, -0.1) is 6.58 Å². The second kappa shape index (κ2) is 9.04. The molecule has 168 valence electrons. The van der Waals surface area contributed by atoms with Gasteiger partial charge in [-0.25, -0.2) is 4.98 Å². The predicted molar refractivity (Wildman–Crippen MR) is 135 cm³/mol. The van der Waals surface area contributed by atoms with Crippen molar-refractivity contribution in [2.75, 3.05) is 6.54 Å². The second-order valence-corrected chi connectivity index (χ2v) is 9.20. The van der Waals surface area contributed by atoms with Crippen LogP contribution in [0, 0.1) is 10.1 Å². The molecule has 9 nitrogen and oxygen atoms in total. The molecule has 0 radical (unpaired) electrons. The predicted octanol–water partition coefficient (Wildman–Crippen LogP) is 5.38. The van der Waals surface area contributed by atoms with Crippen LogP contribution in [0.2, 0.25) is 0 Å². The Morgan fingerprint density at radius 1 is 1.24 bits per heavy atom. The van der Waals surface area contributed by atoms with Gasteiger partial charge in [0.25, 0.3) is 11.6 Å². The van der Waals surface area contributed by atoms with Gasteiger partial charge in [-0.2, -0.15) is 10.1 Å². The zero-order valence-electron chi connectivity index (χ0n) is 17.5. The minimum absolute atomic E-state index is 0.0283. The first-order valence-electron chi connectivity index (χ1n) is 10.1. The normalized spacial score (nSPS) is 16.1. The number of para-hydroxylation sites is 1. The lowest BCUT2D eigenvalue weighted by Crippen LogP contribution is -2.29. The smallest absolute Gasteiger partial charge is 0.270 e. The van der Waals surface area contributed by atoms with Crippen molar-refractivity contribution in [2.24, 2.45) is 4.99 Å². The van der Waals surface area contributed by atoms with Gasteiger partial charge in [-0.05, 0) is 30.0 Å². The van der Waals surface area contributed by atoms with E-state index in [4.69, 9.17) is 0 Å². The van der Waals surface area contributed by atoms with E-state index in [0.717, 1.165) is 10.2 Å². The van der Waals surface area contributed by atoms with Crippen molar-refractivity contribution >= 4 is 61.3 Å². The van der Waals surface area contributed by atoms with E-state index in [-0.39, 0.29) is 11.6 Å². The average molecular weight is 489 g/mol. The number of hydrogen-bond donors (Lipinski definition) is 1. The van der Waals surface area contributed by atoms with Crippen LogP contribution in [0.3, 0.4) is 0 Å². The van der Waals surface area contributed by atoms with Crippen LogP contribution in [-0.4, -0.2) is 42.6 Å². The zero-order valence-corrected chi connectivity index (χ0v) is 19.2. The first-order valence-corrected chi connectivity index (χ1v) is 11.7. The van der Waals surface area contributed by atoms with E-state index in [9.17, 15) is 14.9 Å². The molecule has 1 aliphatic heterocycles. The number of thioether (sulfide) groups is 1. The topological polar surface area (TPSA) is 117 Å². The van der Waals surface area contributed by atoms with Crippen molar-refractivity contribution in [3.05, 3.63) is 88.0 Å². The first-order chi connectivity index (χ1) is 16.5. The highest BCUT2D eigenvalue weighted by atomic mass is 32.2. The van der Waals surface area contributed by atoms with Crippen molar-refractivity contribution in [1.82, 2.24) is 20.1 Å². The van der Waals surface area contributed by atoms with Gasteiger partial charge in [0.15, 0.2) is 5.17 Å². The molecule has 1 N–H and O–H groups in total. The van der Waals surface area contributed by atoms with E-state index in [1.54, 1.807) is 35.4 Å². The van der Waals surface area contributed by atoms with Crippen molar-refractivity contribution in [3.8, 4) is 11.3 Å². The Morgan fingerprint density at radius 2 is 2.09 bits per heavy atom. The molecule has 4 aromatic rings. The Hall–Kier alpha value is -4.09.